The number of hydrogen-bond acceptors (Lipinski definition) is 6. The summed E-state index contributed by atoms with van der Waals surface area (Å²) in [5.74, 6) is -0.0251. The van der Waals surface area contributed by atoms with Gasteiger partial charge in [-0.05, 0) is 24.3 Å². The topological polar surface area (TPSA) is 88.2 Å². The molecule has 0 atom stereocenters. The fourth-order valence-electron chi connectivity index (χ4n) is 3.30. The van der Waals surface area contributed by atoms with Crippen molar-refractivity contribution in [1.82, 2.24) is 9.62 Å². The smallest absolute Gasteiger partial charge is 0.257 e. The summed E-state index contributed by atoms with van der Waals surface area (Å²) in [5.41, 5.74) is 0.474. The Bertz CT molecular complexity index is 994. The second-order valence-electron chi connectivity index (χ2n) is 6.94. The van der Waals surface area contributed by atoms with Gasteiger partial charge in [0.25, 0.3) is 5.91 Å². The molecule has 1 heterocycles. The van der Waals surface area contributed by atoms with Crippen LogP contribution < -0.4 is 19.7 Å². The minimum atomic E-state index is -3.54. The largest absolute Gasteiger partial charge is 0.493 e. The Morgan fingerprint density at radius 3 is 2.35 bits per heavy atom. The predicted octanol–water partition coefficient (Wildman–Crippen LogP) is 1.48. The number of rotatable bonds is 9. The van der Waals surface area contributed by atoms with Crippen molar-refractivity contribution in [2.24, 2.45) is 0 Å². The van der Waals surface area contributed by atoms with Crippen molar-refractivity contribution in [2.45, 2.75) is 0 Å². The molecule has 31 heavy (non-hydrogen) atoms. The summed E-state index contributed by atoms with van der Waals surface area (Å²) in [6.07, 6.45) is 0. The number of anilines is 1. The fourth-order valence-corrected chi connectivity index (χ4v) is 4.63. The zero-order chi connectivity index (χ0) is 22.3. The van der Waals surface area contributed by atoms with Crippen molar-refractivity contribution in [3.8, 4) is 11.5 Å². The zero-order valence-corrected chi connectivity index (χ0v) is 18.1. The number of methoxy groups -OCH3 is 1. The highest BCUT2D eigenvalue weighted by atomic mass is 32.2. The van der Waals surface area contributed by atoms with Gasteiger partial charge in [-0.15, -0.1) is 0 Å². The summed E-state index contributed by atoms with van der Waals surface area (Å²) in [4.78, 5) is 13.8. The number of halogens is 1. The minimum absolute atomic E-state index is 0.0238. The second-order valence-corrected chi connectivity index (χ2v) is 9.03. The summed E-state index contributed by atoms with van der Waals surface area (Å²) in [6, 6.07) is 13.4. The van der Waals surface area contributed by atoms with E-state index in [0.717, 1.165) is 0 Å². The van der Waals surface area contributed by atoms with Gasteiger partial charge < -0.3 is 19.7 Å². The molecule has 168 valence electrons. The number of nitrogens with one attached hydrogen (secondary N) is 1. The van der Waals surface area contributed by atoms with E-state index in [-0.39, 0.29) is 37.8 Å². The molecule has 0 radical (unpaired) electrons. The fraction of sp³-hybridized carbons (Fsp3) is 0.381. The molecule has 1 N–H and O–H groups in total. The van der Waals surface area contributed by atoms with Gasteiger partial charge in [-0.2, -0.15) is 4.31 Å². The van der Waals surface area contributed by atoms with Crippen LogP contribution in [-0.2, 0) is 14.8 Å². The van der Waals surface area contributed by atoms with Crippen LogP contribution in [0.5, 0.6) is 11.5 Å². The van der Waals surface area contributed by atoms with Crippen LogP contribution in [-0.4, -0.2) is 70.8 Å². The summed E-state index contributed by atoms with van der Waals surface area (Å²) < 4.78 is 51.0. The number of ether oxygens (including phenoxy) is 2. The molecule has 10 heteroatoms. The number of carbonyl (C=O) groups excluding carboxylic acids is 1. The van der Waals surface area contributed by atoms with Crippen LogP contribution in [0.3, 0.4) is 0 Å². The number of carbonyl (C=O) groups is 1. The van der Waals surface area contributed by atoms with Gasteiger partial charge in [0.1, 0.15) is 5.82 Å². The second kappa shape index (κ2) is 10.5. The predicted molar refractivity (Wildman–Crippen MR) is 115 cm³/mol. The van der Waals surface area contributed by atoms with Gasteiger partial charge in [0.2, 0.25) is 10.0 Å². The highest BCUT2D eigenvalue weighted by Gasteiger charge is 2.27. The monoisotopic (exact) mass is 451 g/mol. The van der Waals surface area contributed by atoms with Gasteiger partial charge in [0.05, 0.1) is 18.6 Å². The molecule has 2 aromatic rings. The van der Waals surface area contributed by atoms with Crippen molar-refractivity contribution in [1.29, 1.82) is 0 Å². The first-order valence-electron chi connectivity index (χ1n) is 9.90. The maximum absolute atomic E-state index is 13.9. The number of para-hydroxylation sites is 3. The molecule has 2 aromatic carbocycles. The molecule has 1 aliphatic heterocycles. The Morgan fingerprint density at radius 1 is 1.03 bits per heavy atom. The molecular formula is C21H26FN3O5S. The summed E-state index contributed by atoms with van der Waals surface area (Å²) in [6.45, 7) is 1.06. The first kappa shape index (κ1) is 22.8. The summed E-state index contributed by atoms with van der Waals surface area (Å²) in [5, 5.41) is 2.56. The van der Waals surface area contributed by atoms with Gasteiger partial charge >= 0.3 is 0 Å². The third-order valence-corrected chi connectivity index (χ3v) is 6.81. The molecule has 1 fully saturated rings. The quantitative estimate of drug-likeness (QED) is 0.622. The van der Waals surface area contributed by atoms with Crippen LogP contribution in [0.25, 0.3) is 0 Å². The lowest BCUT2D eigenvalue weighted by molar-refractivity contribution is -0.122. The Kier molecular flexibility index (Phi) is 7.69. The van der Waals surface area contributed by atoms with Crippen molar-refractivity contribution in [3.05, 3.63) is 54.3 Å². The summed E-state index contributed by atoms with van der Waals surface area (Å²) in [7, 11) is -2.03. The standard InChI is InChI=1S/C21H26FN3O5S/c1-29-19-8-4-5-9-20(19)30-16-21(26)23-10-15-31(27,28)25-13-11-24(12-14-25)18-7-3-2-6-17(18)22/h2-9H,10-16H2,1H3,(H,23,26). The van der Waals surface area contributed by atoms with Gasteiger partial charge in [0.15, 0.2) is 18.1 Å². The normalized spacial score (nSPS) is 14.8. The van der Waals surface area contributed by atoms with E-state index in [4.69, 9.17) is 9.47 Å². The maximum atomic E-state index is 13.9. The van der Waals surface area contributed by atoms with Gasteiger partial charge in [0, 0.05) is 32.7 Å². The zero-order valence-electron chi connectivity index (χ0n) is 17.3. The maximum Gasteiger partial charge on any atom is 0.257 e. The molecule has 0 saturated carbocycles. The Hall–Kier alpha value is -2.85. The third-order valence-electron chi connectivity index (χ3n) is 4.94. The number of hydrogen-bond donors (Lipinski definition) is 1. The average molecular weight is 452 g/mol. The molecule has 3 rings (SSSR count). The molecule has 1 amide bonds. The van der Waals surface area contributed by atoms with Crippen LogP contribution >= 0.6 is 0 Å². The molecule has 0 aromatic heterocycles. The number of benzene rings is 2. The lowest BCUT2D eigenvalue weighted by atomic mass is 10.2. The molecule has 0 aliphatic carbocycles. The molecule has 0 bridgehead atoms. The number of piperazine rings is 1. The highest BCUT2D eigenvalue weighted by molar-refractivity contribution is 7.89. The lowest BCUT2D eigenvalue weighted by Crippen LogP contribution is -2.50. The lowest BCUT2D eigenvalue weighted by Gasteiger charge is -2.35. The third kappa shape index (κ3) is 6.08. The first-order chi connectivity index (χ1) is 14.9. The van der Waals surface area contributed by atoms with Gasteiger partial charge in [-0.3, -0.25) is 4.79 Å². The molecular weight excluding hydrogens is 425 g/mol. The SMILES string of the molecule is COc1ccccc1OCC(=O)NCCS(=O)(=O)N1CCN(c2ccccc2F)CC1. The Morgan fingerprint density at radius 2 is 1.68 bits per heavy atom. The molecule has 0 spiro atoms. The van der Waals surface area contributed by atoms with E-state index in [1.54, 1.807) is 42.5 Å². The molecule has 0 unspecified atom stereocenters. The Labute approximate surface area is 181 Å². The van der Waals surface area contributed by atoms with Crippen molar-refractivity contribution in [3.63, 3.8) is 0 Å². The molecule has 8 nitrogen and oxygen atoms in total. The van der Waals surface area contributed by atoms with Crippen LogP contribution in [0.2, 0.25) is 0 Å². The van der Waals surface area contributed by atoms with E-state index >= 15 is 0 Å². The van der Waals surface area contributed by atoms with E-state index in [9.17, 15) is 17.6 Å². The van der Waals surface area contributed by atoms with Gasteiger partial charge in [-0.1, -0.05) is 24.3 Å². The molecule has 1 aliphatic rings. The van der Waals surface area contributed by atoms with E-state index in [1.807, 2.05) is 4.90 Å². The van der Waals surface area contributed by atoms with E-state index in [1.165, 1.54) is 17.5 Å². The van der Waals surface area contributed by atoms with Crippen molar-refractivity contribution < 1.29 is 27.1 Å². The first-order valence-corrected chi connectivity index (χ1v) is 11.5. The highest BCUT2D eigenvalue weighted by Crippen LogP contribution is 2.25. The van der Waals surface area contributed by atoms with E-state index in [0.29, 0.717) is 30.3 Å². The van der Waals surface area contributed by atoms with E-state index < -0.39 is 15.9 Å². The molecule has 1 saturated heterocycles. The number of sulfonamides is 1. The number of amides is 1. The van der Waals surface area contributed by atoms with Crippen molar-refractivity contribution >= 4 is 21.6 Å². The van der Waals surface area contributed by atoms with Gasteiger partial charge in [-0.25, -0.2) is 12.8 Å². The number of nitrogens with zero attached hydrogens (tertiary/aromatic N) is 2. The Balaban J connectivity index is 1.42. The minimum Gasteiger partial charge on any atom is -0.493 e. The average Bonchev–Trinajstić information content (AvgIpc) is 2.78. The van der Waals surface area contributed by atoms with Crippen LogP contribution in [0.15, 0.2) is 48.5 Å². The van der Waals surface area contributed by atoms with Crippen molar-refractivity contribution in [2.75, 3.05) is 57.1 Å². The van der Waals surface area contributed by atoms with Crippen LogP contribution in [0, 0.1) is 5.82 Å². The summed E-state index contributed by atoms with van der Waals surface area (Å²) >= 11 is 0. The van der Waals surface area contributed by atoms with E-state index in [2.05, 4.69) is 5.32 Å². The van der Waals surface area contributed by atoms with Crippen LogP contribution in [0.4, 0.5) is 10.1 Å². The van der Waals surface area contributed by atoms with Crippen LogP contribution in [0.1, 0.15) is 0 Å².